The molecule has 9 rings (SSSR count). The van der Waals surface area contributed by atoms with Gasteiger partial charge in [0.05, 0.1) is 39.5 Å². The summed E-state index contributed by atoms with van der Waals surface area (Å²) in [5.41, 5.74) is 15.3. The van der Waals surface area contributed by atoms with Crippen LogP contribution in [-0.2, 0) is 66.2 Å². The van der Waals surface area contributed by atoms with Gasteiger partial charge >= 0.3 is 5.65 Å². The third-order valence-corrected chi connectivity index (χ3v) is 16.7. The predicted octanol–water partition coefficient (Wildman–Crippen LogP) is -6.62. The second-order valence-corrected chi connectivity index (χ2v) is 22.4. The molecule has 3 aliphatic rings. The van der Waals surface area contributed by atoms with Crippen LogP contribution in [0, 0.1) is 5.92 Å². The summed E-state index contributed by atoms with van der Waals surface area (Å²) in [6.07, 6.45) is -14.3. The molecule has 404 valence electrons. The number of fused-ring (bicyclic) bond motifs is 3. The first-order valence-electron chi connectivity index (χ1n) is 21.0. The van der Waals surface area contributed by atoms with Crippen molar-refractivity contribution in [1.29, 1.82) is 0 Å². The van der Waals surface area contributed by atoms with Crippen LogP contribution in [-0.4, -0.2) is 143 Å². The Kier molecular flexibility index (Phi) is 14.4. The lowest BCUT2D eigenvalue weighted by atomic mass is 10.0. The summed E-state index contributed by atoms with van der Waals surface area (Å²) < 4.78 is 101. The number of rotatable bonds is 18. The van der Waals surface area contributed by atoms with Gasteiger partial charge in [-0.05, 0) is 0 Å². The number of nitrogen functional groups attached to an aromatic ring is 3. The lowest BCUT2D eigenvalue weighted by molar-refractivity contribution is -0.745. The molecule has 7 unspecified atom stereocenters. The van der Waals surface area contributed by atoms with Crippen LogP contribution in [0.25, 0.3) is 33.5 Å². The number of nitrogens with zero attached hydrogens (tertiary/aromatic N) is 10. The van der Waals surface area contributed by atoms with Gasteiger partial charge in [0.25, 0.3) is 48.4 Å². The van der Waals surface area contributed by atoms with Crippen molar-refractivity contribution in [3.05, 3.63) is 46.0 Å². The Hall–Kier alpha value is -5.11. The first-order valence-corrected chi connectivity index (χ1v) is 26.9. The van der Waals surface area contributed by atoms with Crippen molar-refractivity contribution in [2.75, 3.05) is 37.0 Å². The van der Waals surface area contributed by atoms with E-state index in [0.29, 0.717) is 0 Å². The van der Waals surface area contributed by atoms with Crippen molar-refractivity contribution >= 4 is 82.5 Å². The van der Waals surface area contributed by atoms with Crippen LogP contribution in [0.3, 0.4) is 0 Å². The number of nitrogens with one attached hydrogen (secondary N) is 2. The lowest BCUT2D eigenvalue weighted by Gasteiger charge is -2.35. The second-order valence-electron chi connectivity index (χ2n) is 16.5. The number of aliphatic hydroxyl groups is 4. The number of hydrogen-bond donors (Lipinski definition) is 9. The van der Waals surface area contributed by atoms with Gasteiger partial charge in [0.2, 0.25) is 17.7 Å². The molecule has 0 spiro atoms. The number of ether oxygens (including phenoxy) is 3. The molecule has 0 radical (unpaired) electrons. The molecule has 3 saturated heterocycles. The van der Waals surface area contributed by atoms with Crippen molar-refractivity contribution in [3.63, 3.8) is 0 Å². The largest absolute Gasteiger partial charge is 0.756 e. The number of aryl methyl sites for hydroxylation is 1. The number of aromatic nitrogens is 12. The van der Waals surface area contributed by atoms with Gasteiger partial charge in [-0.25, -0.2) is 33.1 Å². The van der Waals surface area contributed by atoms with E-state index >= 15 is 0 Å². The Labute approximate surface area is 409 Å². The van der Waals surface area contributed by atoms with Gasteiger partial charge in [0, 0.05) is 5.92 Å². The zero-order valence-corrected chi connectivity index (χ0v) is 41.0. The fraction of sp³-hybridized carbons (Fsp3) is 0.531. The fourth-order valence-corrected chi connectivity index (χ4v) is 12.7. The highest BCUT2D eigenvalue weighted by Crippen LogP contribution is 2.63. The minimum absolute atomic E-state index is 0.0332. The molecular weight excluding hydrogens is 1090 g/mol. The highest BCUT2D eigenvalue weighted by atomic mass is 31.3. The van der Waals surface area contributed by atoms with E-state index in [9.17, 15) is 67.8 Å². The average molecular weight is 1130 g/mol. The molecule has 0 aliphatic carbocycles. The summed E-state index contributed by atoms with van der Waals surface area (Å²) in [5, 5.41) is 43.0. The summed E-state index contributed by atoms with van der Waals surface area (Å²) >= 11 is 0. The number of aliphatic hydroxyl groups excluding tert-OH is 4. The van der Waals surface area contributed by atoms with E-state index in [1.54, 1.807) is 0 Å². The molecule has 42 heteroatoms. The molecule has 6 aromatic rings. The summed E-state index contributed by atoms with van der Waals surface area (Å²) in [5.74, 6) is -1.91. The topological polar surface area (TPSA) is 564 Å². The minimum atomic E-state index is -6.56. The van der Waals surface area contributed by atoms with E-state index < -0.39 is 136 Å². The number of phosphoric acid groups is 4. The molecule has 0 aromatic carbocycles. The van der Waals surface area contributed by atoms with Gasteiger partial charge in [0.1, 0.15) is 66.9 Å². The number of nitrogens with two attached hydrogens (primary N) is 3. The highest BCUT2D eigenvalue weighted by molar-refractivity contribution is 7.65. The van der Waals surface area contributed by atoms with Gasteiger partial charge < -0.3 is 89.5 Å². The quantitative estimate of drug-likeness (QED) is 0.0285. The van der Waals surface area contributed by atoms with E-state index in [-0.39, 0.29) is 51.2 Å². The van der Waals surface area contributed by atoms with Gasteiger partial charge in [-0.15, -0.1) is 0 Å². The van der Waals surface area contributed by atoms with Gasteiger partial charge in [-0.3, -0.25) is 51.5 Å². The van der Waals surface area contributed by atoms with E-state index in [0.717, 1.165) is 28.1 Å². The molecule has 6 aromatic heterocycles. The number of imidazole rings is 3. The van der Waals surface area contributed by atoms with E-state index in [1.807, 2.05) is 0 Å². The van der Waals surface area contributed by atoms with Crippen LogP contribution < -0.4 is 52.5 Å². The molecule has 3 fully saturated rings. The van der Waals surface area contributed by atoms with Gasteiger partial charge in [-0.2, -0.15) is 4.98 Å². The number of H-pyrrole nitrogens is 2. The Morgan fingerprint density at radius 2 is 1.24 bits per heavy atom. The normalized spacial score (nSPS) is 30.7. The predicted molar refractivity (Wildman–Crippen MR) is 228 cm³/mol. The Balaban J connectivity index is 0.850. The van der Waals surface area contributed by atoms with Crippen LogP contribution in [0.2, 0.25) is 0 Å². The molecule has 0 bridgehead atoms. The molecular formula is C32H40N15O23P4-3. The zero-order chi connectivity index (χ0) is 53.6. The lowest BCUT2D eigenvalue weighted by Crippen LogP contribution is -2.46. The van der Waals surface area contributed by atoms with Crippen LogP contribution in [0.5, 0.6) is 0 Å². The average Bonchev–Trinajstić information content (AvgIpc) is 4.15. The van der Waals surface area contributed by atoms with E-state index in [1.165, 1.54) is 29.4 Å². The summed E-state index contributed by atoms with van der Waals surface area (Å²) in [6.45, 7) is -2.26. The van der Waals surface area contributed by atoms with Crippen molar-refractivity contribution < 1.29 is 104 Å². The number of aromatic amines is 2. The first-order chi connectivity index (χ1) is 34.6. The van der Waals surface area contributed by atoms with E-state index in [4.69, 9.17) is 45.0 Å². The van der Waals surface area contributed by atoms with Crippen LogP contribution in [0.4, 0.5) is 17.7 Å². The van der Waals surface area contributed by atoms with Gasteiger partial charge in [0.15, 0.2) is 35.2 Å². The van der Waals surface area contributed by atoms with Crippen molar-refractivity contribution in [1.82, 2.24) is 53.6 Å². The fourth-order valence-electron chi connectivity index (χ4n) is 8.31. The minimum Gasteiger partial charge on any atom is -0.756 e. The van der Waals surface area contributed by atoms with Crippen molar-refractivity contribution in [2.24, 2.45) is 13.0 Å². The molecule has 3 aliphatic heterocycles. The standard InChI is InChI=1S/C32H43N15O23P4/c1-10-21(68-71(54,55)62-3-11-17(48)19(50)29(65-11)46-8-39-15-24(46)40-31(34)42-26(15)52)13(67-28(10)45-7-38-14-22(33)36-6-37-23(14)45)5-64-73(58,59)70-74(60,61)69-72(56,57)63-4-12-18(49)20(51)30(66-12)47-9-44(2)16-25(47)41-32(35)43-27(16)53/h6-13,17-21,28-30,48-51H,3-5H2,1-2H3,(H11-,33,34,35,36,37,40,41,42,43,52,53,54,55,56,57,58,59,60,61)/p-3/t10-,11+,12+,13+,17?,18-,19-,20?,21?,28+,29+,30+/m0/s1. The summed E-state index contributed by atoms with van der Waals surface area (Å²) in [6, 6.07) is 0. The molecule has 74 heavy (non-hydrogen) atoms. The molecule has 12 N–H and O–H groups in total. The molecule has 0 saturated carbocycles. The Morgan fingerprint density at radius 1 is 0.689 bits per heavy atom. The molecule has 9 heterocycles. The van der Waals surface area contributed by atoms with Crippen LogP contribution in [0.1, 0.15) is 25.6 Å². The first kappa shape index (κ1) is 53.7. The van der Waals surface area contributed by atoms with E-state index in [2.05, 4.69) is 53.0 Å². The molecule has 0 amide bonds. The van der Waals surface area contributed by atoms with Crippen LogP contribution in [0.15, 0.2) is 34.9 Å². The maximum absolute atomic E-state index is 13.5. The highest BCUT2D eigenvalue weighted by Gasteiger charge is 2.50. The number of phosphoric ester groups is 3. The summed E-state index contributed by atoms with van der Waals surface area (Å²) in [7, 11) is -23.2. The number of hydrogen-bond acceptors (Lipinski definition) is 32. The third-order valence-electron chi connectivity index (χ3n) is 11.6. The smallest absolute Gasteiger partial charge is 0.313 e. The Morgan fingerprint density at radius 3 is 1.92 bits per heavy atom. The van der Waals surface area contributed by atoms with Crippen LogP contribution >= 0.6 is 31.3 Å². The Bertz CT molecular complexity index is 3450. The summed E-state index contributed by atoms with van der Waals surface area (Å²) in [4.78, 5) is 105. The van der Waals surface area contributed by atoms with Crippen molar-refractivity contribution in [2.45, 2.75) is 74.4 Å². The maximum Gasteiger partial charge on any atom is 0.313 e. The maximum atomic E-state index is 13.5. The molecule has 38 nitrogen and oxygen atoms in total. The number of anilines is 3. The van der Waals surface area contributed by atoms with Crippen molar-refractivity contribution in [3.8, 4) is 0 Å². The zero-order valence-electron chi connectivity index (χ0n) is 37.4. The third kappa shape index (κ3) is 10.6. The van der Waals surface area contributed by atoms with Gasteiger partial charge in [-0.1, -0.05) is 11.9 Å². The SMILES string of the molecule is C[C@H]1C(OP(=O)([O-])OC[C@H]2O[C@@H](n3cnc4c(=O)[nH]c(N)nc43)[C@@H](O)C2O)[C@@H](COP(=O)([O-])OP(=O)([O-])OP(=O)([O-])OC[C@H]2O[C@@H]([n+]3cn(C)c4c(=O)[nH]c(N)nc43)C(O)[C@H]2O)O[C@H]1n1cnc2c(N)ncnc21. The molecule has 16 atom stereocenters. The monoisotopic (exact) mass is 1130 g/mol. The second kappa shape index (κ2) is 19.8.